The highest BCUT2D eigenvalue weighted by Crippen LogP contribution is 2.20. The number of carbonyl (C=O) groups is 1. The molecule has 0 radical (unpaired) electrons. The monoisotopic (exact) mass is 427 g/mol. The molecule has 0 aliphatic rings. The lowest BCUT2D eigenvalue weighted by molar-refractivity contribution is 0.0955. The van der Waals surface area contributed by atoms with E-state index in [9.17, 15) is 17.6 Å². The summed E-state index contributed by atoms with van der Waals surface area (Å²) in [6.07, 6.45) is 1.35. The molecule has 9 heteroatoms. The van der Waals surface area contributed by atoms with Gasteiger partial charge in [-0.2, -0.15) is 5.10 Å². The number of hydrazone groups is 1. The number of carbonyl (C=O) groups excluding carboxylic acids is 1. The van der Waals surface area contributed by atoms with Gasteiger partial charge >= 0.3 is 0 Å². The Morgan fingerprint density at radius 3 is 2.40 bits per heavy atom. The van der Waals surface area contributed by atoms with Crippen LogP contribution < -0.4 is 14.9 Å². The van der Waals surface area contributed by atoms with E-state index in [-0.39, 0.29) is 16.3 Å². The van der Waals surface area contributed by atoms with Crippen LogP contribution in [0.25, 0.3) is 0 Å². The maximum atomic E-state index is 12.9. The number of sulfonamides is 1. The van der Waals surface area contributed by atoms with E-state index in [0.717, 1.165) is 0 Å². The second kappa shape index (κ2) is 9.19. The number of anilines is 1. The van der Waals surface area contributed by atoms with Gasteiger partial charge in [0.2, 0.25) is 0 Å². The van der Waals surface area contributed by atoms with E-state index >= 15 is 0 Å². The lowest BCUT2D eigenvalue weighted by Crippen LogP contribution is -2.19. The molecule has 154 valence electrons. The van der Waals surface area contributed by atoms with Crippen LogP contribution in [0.4, 0.5) is 10.1 Å². The quantitative estimate of drug-likeness (QED) is 0.446. The highest BCUT2D eigenvalue weighted by molar-refractivity contribution is 7.92. The molecule has 0 atom stereocenters. The molecule has 0 bridgehead atoms. The van der Waals surface area contributed by atoms with Crippen molar-refractivity contribution >= 4 is 27.8 Å². The van der Waals surface area contributed by atoms with Crippen LogP contribution in [0.2, 0.25) is 0 Å². The molecule has 0 spiro atoms. The van der Waals surface area contributed by atoms with Crippen LogP contribution in [0, 0.1) is 5.82 Å². The molecule has 30 heavy (non-hydrogen) atoms. The molecule has 1 amide bonds. The minimum absolute atomic E-state index is 0.0755. The van der Waals surface area contributed by atoms with Crippen LogP contribution in [-0.4, -0.2) is 27.6 Å². The van der Waals surface area contributed by atoms with Crippen LogP contribution in [0.1, 0.15) is 15.9 Å². The molecular weight excluding hydrogens is 409 g/mol. The predicted octanol–water partition coefficient (Wildman–Crippen LogP) is 3.40. The molecule has 2 N–H and O–H groups in total. The van der Waals surface area contributed by atoms with Crippen LogP contribution in [-0.2, 0) is 10.0 Å². The van der Waals surface area contributed by atoms with Gasteiger partial charge < -0.3 is 4.74 Å². The van der Waals surface area contributed by atoms with E-state index < -0.39 is 15.9 Å². The summed E-state index contributed by atoms with van der Waals surface area (Å²) in [5, 5.41) is 3.80. The normalized spacial score (nSPS) is 11.3. The summed E-state index contributed by atoms with van der Waals surface area (Å²) in [6.45, 7) is 0. The van der Waals surface area contributed by atoms with Crippen LogP contribution >= 0.6 is 0 Å². The number of rotatable bonds is 7. The van der Waals surface area contributed by atoms with Gasteiger partial charge in [0.25, 0.3) is 15.9 Å². The number of halogens is 1. The predicted molar refractivity (Wildman–Crippen MR) is 112 cm³/mol. The van der Waals surface area contributed by atoms with Crippen LogP contribution in [0.3, 0.4) is 0 Å². The summed E-state index contributed by atoms with van der Waals surface area (Å²) in [4.78, 5) is 12.2. The Morgan fingerprint density at radius 1 is 1.03 bits per heavy atom. The number of hydrogen-bond acceptors (Lipinski definition) is 5. The molecule has 0 aliphatic carbocycles. The number of nitrogens with zero attached hydrogens (tertiary/aromatic N) is 1. The molecule has 0 unspecified atom stereocenters. The first-order valence-electron chi connectivity index (χ1n) is 8.73. The topological polar surface area (TPSA) is 96.9 Å². The molecule has 3 aromatic rings. The summed E-state index contributed by atoms with van der Waals surface area (Å²) in [7, 11) is -2.39. The van der Waals surface area contributed by atoms with Crippen molar-refractivity contribution in [1.82, 2.24) is 5.43 Å². The summed E-state index contributed by atoms with van der Waals surface area (Å²) in [6, 6.07) is 17.5. The fourth-order valence-corrected chi connectivity index (χ4v) is 3.56. The molecule has 0 heterocycles. The second-order valence-electron chi connectivity index (χ2n) is 6.11. The Kier molecular flexibility index (Phi) is 6.43. The van der Waals surface area contributed by atoms with Crippen LogP contribution in [0.15, 0.2) is 82.8 Å². The largest absolute Gasteiger partial charge is 0.497 e. The Morgan fingerprint density at radius 2 is 1.73 bits per heavy atom. The smallest absolute Gasteiger partial charge is 0.271 e. The van der Waals surface area contributed by atoms with Gasteiger partial charge in [-0.05, 0) is 60.2 Å². The van der Waals surface area contributed by atoms with Crippen molar-refractivity contribution in [1.29, 1.82) is 0 Å². The van der Waals surface area contributed by atoms with E-state index in [1.54, 1.807) is 24.3 Å². The maximum Gasteiger partial charge on any atom is 0.271 e. The van der Waals surface area contributed by atoms with E-state index in [2.05, 4.69) is 15.2 Å². The zero-order valence-electron chi connectivity index (χ0n) is 15.9. The third-order valence-electron chi connectivity index (χ3n) is 4.00. The van der Waals surface area contributed by atoms with Gasteiger partial charge in [0, 0.05) is 11.3 Å². The first-order valence-corrected chi connectivity index (χ1v) is 10.2. The van der Waals surface area contributed by atoms with Gasteiger partial charge in [-0.15, -0.1) is 0 Å². The molecular formula is C21H18FN3O4S. The molecule has 0 fully saturated rings. The molecule has 3 rings (SSSR count). The third kappa shape index (κ3) is 5.42. The summed E-state index contributed by atoms with van der Waals surface area (Å²) >= 11 is 0. The van der Waals surface area contributed by atoms with Gasteiger partial charge in [0.05, 0.1) is 18.2 Å². The highest BCUT2D eigenvalue weighted by atomic mass is 32.2. The highest BCUT2D eigenvalue weighted by Gasteiger charge is 2.16. The third-order valence-corrected chi connectivity index (χ3v) is 5.38. The lowest BCUT2D eigenvalue weighted by atomic mass is 10.2. The lowest BCUT2D eigenvalue weighted by Gasteiger charge is -2.09. The number of amides is 1. The number of hydrogen-bond donors (Lipinski definition) is 2. The van der Waals surface area contributed by atoms with Crippen molar-refractivity contribution in [2.45, 2.75) is 4.90 Å². The van der Waals surface area contributed by atoms with E-state index in [1.807, 2.05) is 0 Å². The molecule has 0 aliphatic heterocycles. The summed E-state index contributed by atoms with van der Waals surface area (Å²) < 4.78 is 45.6. The van der Waals surface area contributed by atoms with Crippen LogP contribution in [0.5, 0.6) is 5.75 Å². The number of ether oxygens (including phenoxy) is 1. The minimum atomic E-state index is -3.90. The molecule has 0 saturated carbocycles. The number of methoxy groups -OCH3 is 1. The van der Waals surface area contributed by atoms with E-state index in [0.29, 0.717) is 17.0 Å². The summed E-state index contributed by atoms with van der Waals surface area (Å²) in [5.74, 6) is -0.370. The van der Waals surface area contributed by atoms with Crippen molar-refractivity contribution in [3.8, 4) is 5.75 Å². The van der Waals surface area contributed by atoms with Crippen molar-refractivity contribution in [2.24, 2.45) is 5.10 Å². The second-order valence-corrected chi connectivity index (χ2v) is 7.79. The Labute approximate surface area is 173 Å². The van der Waals surface area contributed by atoms with Gasteiger partial charge in [0.15, 0.2) is 0 Å². The van der Waals surface area contributed by atoms with Gasteiger partial charge in [-0.25, -0.2) is 18.2 Å². The van der Waals surface area contributed by atoms with E-state index in [4.69, 9.17) is 4.74 Å². The number of nitrogens with one attached hydrogen (secondary N) is 2. The number of benzene rings is 3. The summed E-state index contributed by atoms with van der Waals surface area (Å²) in [5.41, 5.74) is 3.38. The molecule has 0 aromatic heterocycles. The van der Waals surface area contributed by atoms with Crippen molar-refractivity contribution in [3.05, 3.63) is 89.7 Å². The average Bonchev–Trinajstić information content (AvgIpc) is 2.75. The first-order chi connectivity index (χ1) is 14.4. The minimum Gasteiger partial charge on any atom is -0.497 e. The zero-order chi connectivity index (χ0) is 21.6. The van der Waals surface area contributed by atoms with Crippen molar-refractivity contribution in [3.63, 3.8) is 0 Å². The van der Waals surface area contributed by atoms with Gasteiger partial charge in [-0.3, -0.25) is 9.52 Å². The average molecular weight is 427 g/mol. The standard InChI is InChI=1S/C21H18FN3O4S/c1-29-19-11-9-18(10-12-19)25-30(27,28)20-4-2-3-16(13-20)21(26)24-23-14-15-5-7-17(22)8-6-15/h2-14,25H,1H3,(H,24,26)/b23-14+. The van der Waals surface area contributed by atoms with Crippen molar-refractivity contribution in [2.75, 3.05) is 11.8 Å². The van der Waals surface area contributed by atoms with Gasteiger partial charge in [-0.1, -0.05) is 18.2 Å². The molecule has 7 nitrogen and oxygen atoms in total. The maximum absolute atomic E-state index is 12.9. The Balaban J connectivity index is 1.70. The van der Waals surface area contributed by atoms with Crippen molar-refractivity contribution < 1.29 is 22.3 Å². The first kappa shape index (κ1) is 21.0. The Bertz CT molecular complexity index is 1160. The SMILES string of the molecule is COc1ccc(NS(=O)(=O)c2cccc(C(=O)N/N=C/c3ccc(F)cc3)c2)cc1. The molecule has 3 aromatic carbocycles. The zero-order valence-corrected chi connectivity index (χ0v) is 16.7. The molecule has 0 saturated heterocycles. The fraction of sp³-hybridized carbons (Fsp3) is 0.0476. The van der Waals surface area contributed by atoms with Gasteiger partial charge in [0.1, 0.15) is 11.6 Å². The Hall–Kier alpha value is -3.72. The fourth-order valence-electron chi connectivity index (χ4n) is 2.46. The van der Waals surface area contributed by atoms with E-state index in [1.165, 1.54) is 61.9 Å².